The van der Waals surface area contributed by atoms with Gasteiger partial charge >= 0.3 is 0 Å². The first-order valence-corrected chi connectivity index (χ1v) is 7.15. The SMILES string of the molecule is CC1CC(C)CC(C(=O)c2coc3ccccc23)C1. The number of furan rings is 1. The van der Waals surface area contributed by atoms with E-state index in [4.69, 9.17) is 4.42 Å². The zero-order valence-electron chi connectivity index (χ0n) is 11.6. The fraction of sp³-hybridized carbons (Fsp3) is 0.471. The molecule has 2 nitrogen and oxygen atoms in total. The van der Waals surface area contributed by atoms with Crippen molar-refractivity contribution in [3.63, 3.8) is 0 Å². The van der Waals surface area contributed by atoms with Crippen LogP contribution in [0.3, 0.4) is 0 Å². The Kier molecular flexibility index (Phi) is 3.17. The Morgan fingerprint density at radius 2 is 1.79 bits per heavy atom. The smallest absolute Gasteiger partial charge is 0.169 e. The summed E-state index contributed by atoms with van der Waals surface area (Å²) in [6.07, 6.45) is 4.91. The number of ketones is 1. The largest absolute Gasteiger partial charge is 0.464 e. The van der Waals surface area contributed by atoms with E-state index >= 15 is 0 Å². The fourth-order valence-electron chi connectivity index (χ4n) is 3.55. The Balaban J connectivity index is 1.91. The Bertz CT molecular complexity index is 586. The van der Waals surface area contributed by atoms with Crippen LogP contribution < -0.4 is 0 Å². The maximum atomic E-state index is 12.7. The van der Waals surface area contributed by atoms with Gasteiger partial charge in [0.15, 0.2) is 5.78 Å². The molecule has 0 radical (unpaired) electrons. The van der Waals surface area contributed by atoms with Crippen LogP contribution in [-0.4, -0.2) is 5.78 Å². The molecule has 0 saturated heterocycles. The molecule has 1 aliphatic rings. The normalized spacial score (nSPS) is 27.6. The van der Waals surface area contributed by atoms with Crippen LogP contribution >= 0.6 is 0 Å². The van der Waals surface area contributed by atoms with E-state index in [9.17, 15) is 4.79 Å². The standard InChI is InChI=1S/C17H20O2/c1-11-7-12(2)9-13(8-11)17(18)15-10-19-16-6-4-3-5-14(15)16/h3-6,10-13H,7-9H2,1-2H3. The molecule has 19 heavy (non-hydrogen) atoms. The van der Waals surface area contributed by atoms with Crippen molar-refractivity contribution in [2.24, 2.45) is 17.8 Å². The molecule has 100 valence electrons. The van der Waals surface area contributed by atoms with Crippen LogP contribution in [0.15, 0.2) is 34.9 Å². The molecule has 2 aromatic rings. The zero-order chi connectivity index (χ0) is 13.4. The highest BCUT2D eigenvalue weighted by molar-refractivity contribution is 6.08. The molecule has 2 unspecified atom stereocenters. The number of fused-ring (bicyclic) bond motifs is 1. The molecule has 2 atom stereocenters. The van der Waals surface area contributed by atoms with Crippen LogP contribution in [-0.2, 0) is 0 Å². The zero-order valence-corrected chi connectivity index (χ0v) is 11.6. The molecule has 0 N–H and O–H groups in total. The van der Waals surface area contributed by atoms with E-state index in [0.29, 0.717) is 11.8 Å². The molecule has 3 rings (SSSR count). The van der Waals surface area contributed by atoms with Gasteiger partial charge in [-0.05, 0) is 37.2 Å². The number of carbonyl (C=O) groups is 1. The van der Waals surface area contributed by atoms with Crippen LogP contribution in [0.4, 0.5) is 0 Å². The third kappa shape index (κ3) is 2.32. The molecular formula is C17H20O2. The van der Waals surface area contributed by atoms with Gasteiger partial charge < -0.3 is 4.42 Å². The first-order valence-electron chi connectivity index (χ1n) is 7.15. The maximum Gasteiger partial charge on any atom is 0.169 e. The van der Waals surface area contributed by atoms with Gasteiger partial charge in [0.1, 0.15) is 11.8 Å². The summed E-state index contributed by atoms with van der Waals surface area (Å²) in [5.74, 6) is 1.73. The number of hydrogen-bond donors (Lipinski definition) is 0. The Morgan fingerprint density at radius 1 is 1.11 bits per heavy atom. The molecule has 1 aliphatic carbocycles. The number of Topliss-reactive ketones (excluding diaryl/α,β-unsaturated/α-hetero) is 1. The van der Waals surface area contributed by atoms with Gasteiger partial charge in [-0.25, -0.2) is 0 Å². The van der Waals surface area contributed by atoms with Crippen LogP contribution in [0.5, 0.6) is 0 Å². The third-order valence-electron chi connectivity index (χ3n) is 4.30. The van der Waals surface area contributed by atoms with E-state index < -0.39 is 0 Å². The molecule has 0 aliphatic heterocycles. The highest BCUT2D eigenvalue weighted by Crippen LogP contribution is 2.36. The maximum absolute atomic E-state index is 12.7. The average molecular weight is 256 g/mol. The summed E-state index contributed by atoms with van der Waals surface area (Å²) in [5.41, 5.74) is 1.57. The number of hydrogen-bond acceptors (Lipinski definition) is 2. The number of carbonyl (C=O) groups excluding carboxylic acids is 1. The molecule has 1 aromatic heterocycles. The molecule has 1 aromatic carbocycles. The van der Waals surface area contributed by atoms with E-state index in [1.807, 2.05) is 24.3 Å². The van der Waals surface area contributed by atoms with Gasteiger partial charge in [-0.3, -0.25) is 4.79 Å². The second-order valence-electron chi connectivity index (χ2n) is 6.12. The lowest BCUT2D eigenvalue weighted by Gasteiger charge is -2.30. The summed E-state index contributed by atoms with van der Waals surface area (Å²) in [6.45, 7) is 4.51. The van der Waals surface area contributed by atoms with E-state index in [0.717, 1.165) is 29.4 Å². The molecule has 0 spiro atoms. The van der Waals surface area contributed by atoms with Crippen LogP contribution in [0.25, 0.3) is 11.0 Å². The van der Waals surface area contributed by atoms with Crippen LogP contribution in [0.2, 0.25) is 0 Å². The Hall–Kier alpha value is -1.57. The van der Waals surface area contributed by atoms with Gasteiger partial charge in [0.05, 0.1) is 5.56 Å². The highest BCUT2D eigenvalue weighted by atomic mass is 16.3. The van der Waals surface area contributed by atoms with Crippen molar-refractivity contribution >= 4 is 16.8 Å². The monoisotopic (exact) mass is 256 g/mol. The predicted molar refractivity (Wildman–Crippen MR) is 76.2 cm³/mol. The molecule has 0 bridgehead atoms. The molecular weight excluding hydrogens is 236 g/mol. The van der Waals surface area contributed by atoms with Crippen molar-refractivity contribution in [1.82, 2.24) is 0 Å². The summed E-state index contributed by atoms with van der Waals surface area (Å²) in [4.78, 5) is 12.7. The van der Waals surface area contributed by atoms with E-state index in [2.05, 4.69) is 13.8 Å². The average Bonchev–Trinajstić information content (AvgIpc) is 2.80. The predicted octanol–water partition coefficient (Wildman–Crippen LogP) is 4.69. The second-order valence-corrected chi connectivity index (χ2v) is 6.12. The van der Waals surface area contributed by atoms with E-state index in [-0.39, 0.29) is 11.7 Å². The number of benzene rings is 1. The van der Waals surface area contributed by atoms with Crippen molar-refractivity contribution in [3.05, 3.63) is 36.1 Å². The third-order valence-corrected chi connectivity index (χ3v) is 4.30. The quantitative estimate of drug-likeness (QED) is 0.730. The summed E-state index contributed by atoms with van der Waals surface area (Å²) in [6, 6.07) is 7.78. The van der Waals surface area contributed by atoms with Gasteiger partial charge in [0.25, 0.3) is 0 Å². The van der Waals surface area contributed by atoms with Gasteiger partial charge in [-0.2, -0.15) is 0 Å². The molecule has 1 saturated carbocycles. The fourth-order valence-corrected chi connectivity index (χ4v) is 3.55. The van der Waals surface area contributed by atoms with Crippen molar-refractivity contribution in [1.29, 1.82) is 0 Å². The topological polar surface area (TPSA) is 30.2 Å². The van der Waals surface area contributed by atoms with Crippen molar-refractivity contribution in [3.8, 4) is 0 Å². The van der Waals surface area contributed by atoms with Gasteiger partial charge in [0, 0.05) is 11.3 Å². The van der Waals surface area contributed by atoms with Crippen molar-refractivity contribution in [2.75, 3.05) is 0 Å². The van der Waals surface area contributed by atoms with Gasteiger partial charge in [-0.1, -0.05) is 32.0 Å². The highest BCUT2D eigenvalue weighted by Gasteiger charge is 2.30. The summed E-state index contributed by atoms with van der Waals surface area (Å²) < 4.78 is 5.49. The Morgan fingerprint density at radius 3 is 2.53 bits per heavy atom. The van der Waals surface area contributed by atoms with E-state index in [1.54, 1.807) is 6.26 Å². The molecule has 2 heteroatoms. The lowest BCUT2D eigenvalue weighted by Crippen LogP contribution is -2.25. The van der Waals surface area contributed by atoms with Gasteiger partial charge in [0.2, 0.25) is 0 Å². The molecule has 1 heterocycles. The number of para-hydroxylation sites is 1. The van der Waals surface area contributed by atoms with Crippen molar-refractivity contribution in [2.45, 2.75) is 33.1 Å². The second kappa shape index (κ2) is 4.84. The van der Waals surface area contributed by atoms with Crippen LogP contribution in [0.1, 0.15) is 43.5 Å². The first-order chi connectivity index (χ1) is 9.15. The summed E-state index contributed by atoms with van der Waals surface area (Å²) in [5, 5.41) is 0.957. The van der Waals surface area contributed by atoms with E-state index in [1.165, 1.54) is 6.42 Å². The lowest BCUT2D eigenvalue weighted by molar-refractivity contribution is 0.0837. The first kappa shape index (κ1) is 12.5. The van der Waals surface area contributed by atoms with Gasteiger partial charge in [-0.15, -0.1) is 0 Å². The molecule has 1 fully saturated rings. The summed E-state index contributed by atoms with van der Waals surface area (Å²) >= 11 is 0. The van der Waals surface area contributed by atoms with Crippen molar-refractivity contribution < 1.29 is 9.21 Å². The molecule has 0 amide bonds. The lowest BCUT2D eigenvalue weighted by atomic mass is 9.74. The Labute approximate surface area is 113 Å². The van der Waals surface area contributed by atoms with Crippen LogP contribution in [0, 0.1) is 17.8 Å². The minimum atomic E-state index is 0.166. The number of rotatable bonds is 2. The summed E-state index contributed by atoms with van der Waals surface area (Å²) in [7, 11) is 0. The minimum Gasteiger partial charge on any atom is -0.464 e. The minimum absolute atomic E-state index is 0.166.